The summed E-state index contributed by atoms with van der Waals surface area (Å²) < 4.78 is 7.26. The number of carboxylic acid groups (broad SMARTS) is 1. The summed E-state index contributed by atoms with van der Waals surface area (Å²) in [6, 6.07) is 0.220. The van der Waals surface area contributed by atoms with Crippen molar-refractivity contribution in [3.05, 3.63) is 11.9 Å². The van der Waals surface area contributed by atoms with E-state index in [2.05, 4.69) is 11.9 Å². The predicted molar refractivity (Wildman–Crippen MR) is 71.1 cm³/mol. The van der Waals surface area contributed by atoms with Crippen molar-refractivity contribution in [2.75, 3.05) is 19.5 Å². The third-order valence-corrected chi connectivity index (χ3v) is 3.47. The molecule has 1 heterocycles. The van der Waals surface area contributed by atoms with Crippen LogP contribution < -0.4 is 0 Å². The normalized spacial score (nSPS) is 12.6. The topological polar surface area (TPSA) is 64.4 Å². The summed E-state index contributed by atoms with van der Waals surface area (Å²) in [4.78, 5) is 15.0. The smallest absolute Gasteiger partial charge is 0.313 e. The van der Waals surface area contributed by atoms with Crippen molar-refractivity contribution < 1.29 is 14.6 Å². The Balaban J connectivity index is 2.86. The third kappa shape index (κ3) is 4.34. The molecule has 1 unspecified atom stereocenters. The lowest BCUT2D eigenvalue weighted by Crippen LogP contribution is -2.15. The number of aryl methyl sites for hydroxylation is 1. The van der Waals surface area contributed by atoms with Gasteiger partial charge < -0.3 is 14.4 Å². The first-order valence-electron chi connectivity index (χ1n) is 5.97. The van der Waals surface area contributed by atoms with Crippen LogP contribution >= 0.6 is 11.8 Å². The van der Waals surface area contributed by atoms with Crippen LogP contribution in [0.15, 0.2) is 11.4 Å². The highest BCUT2D eigenvalue weighted by Gasteiger charge is 2.16. The van der Waals surface area contributed by atoms with Gasteiger partial charge in [0.15, 0.2) is 5.16 Å². The van der Waals surface area contributed by atoms with E-state index >= 15 is 0 Å². The molecule has 0 bridgehead atoms. The highest BCUT2D eigenvalue weighted by Crippen LogP contribution is 2.24. The Morgan fingerprint density at radius 2 is 2.39 bits per heavy atom. The van der Waals surface area contributed by atoms with Crippen LogP contribution in [0.2, 0.25) is 0 Å². The van der Waals surface area contributed by atoms with Crippen LogP contribution in [0.4, 0.5) is 0 Å². The minimum atomic E-state index is -0.828. The first kappa shape index (κ1) is 15.0. The highest BCUT2D eigenvalue weighted by atomic mass is 32.2. The fourth-order valence-corrected chi connectivity index (χ4v) is 2.63. The van der Waals surface area contributed by atoms with E-state index in [9.17, 15) is 4.79 Å². The van der Waals surface area contributed by atoms with Crippen LogP contribution in [0.25, 0.3) is 0 Å². The van der Waals surface area contributed by atoms with E-state index in [1.165, 1.54) is 11.8 Å². The van der Waals surface area contributed by atoms with Crippen molar-refractivity contribution in [2.24, 2.45) is 0 Å². The average Bonchev–Trinajstić information content (AvgIpc) is 2.67. The lowest BCUT2D eigenvalue weighted by atomic mass is 10.2. The fourth-order valence-electron chi connectivity index (χ4n) is 1.82. The summed E-state index contributed by atoms with van der Waals surface area (Å²) in [5.74, 6) is -0.798. The van der Waals surface area contributed by atoms with Crippen LogP contribution in [-0.4, -0.2) is 40.1 Å². The molecule has 18 heavy (non-hydrogen) atoms. The summed E-state index contributed by atoms with van der Waals surface area (Å²) in [5, 5.41) is 9.49. The van der Waals surface area contributed by atoms with Gasteiger partial charge in [-0.05, 0) is 13.3 Å². The van der Waals surface area contributed by atoms with Gasteiger partial charge in [0.05, 0.1) is 24.1 Å². The monoisotopic (exact) mass is 272 g/mol. The van der Waals surface area contributed by atoms with Gasteiger partial charge in [-0.15, -0.1) is 0 Å². The van der Waals surface area contributed by atoms with Gasteiger partial charge in [-0.2, -0.15) is 0 Å². The maximum atomic E-state index is 10.6. The SMILES string of the molecule is CCCC(COC)n1cc(C)nc1SCC(=O)O. The molecule has 1 N–H and O–H groups in total. The Labute approximate surface area is 112 Å². The van der Waals surface area contributed by atoms with Crippen molar-refractivity contribution in [1.29, 1.82) is 0 Å². The zero-order valence-corrected chi connectivity index (χ0v) is 11.9. The lowest BCUT2D eigenvalue weighted by Gasteiger charge is -2.18. The number of methoxy groups -OCH3 is 1. The van der Waals surface area contributed by atoms with Gasteiger partial charge in [-0.25, -0.2) is 4.98 Å². The summed E-state index contributed by atoms with van der Waals surface area (Å²) in [6.07, 6.45) is 4.00. The average molecular weight is 272 g/mol. The number of hydrogen-bond acceptors (Lipinski definition) is 4. The lowest BCUT2D eigenvalue weighted by molar-refractivity contribution is -0.133. The molecule has 0 aliphatic rings. The molecular formula is C12H20N2O3S. The predicted octanol–water partition coefficient (Wildman–Crippen LogP) is 2.36. The number of aliphatic carboxylic acids is 1. The fraction of sp³-hybridized carbons (Fsp3) is 0.667. The zero-order chi connectivity index (χ0) is 13.5. The molecule has 1 atom stereocenters. The number of thioether (sulfide) groups is 1. The second-order valence-corrected chi connectivity index (χ2v) is 5.09. The van der Waals surface area contributed by atoms with E-state index in [1.807, 2.05) is 17.7 Å². The molecular weight excluding hydrogens is 252 g/mol. The summed E-state index contributed by atoms with van der Waals surface area (Å²) >= 11 is 1.25. The molecule has 0 amide bonds. The molecule has 0 saturated carbocycles. The molecule has 0 aliphatic carbocycles. The molecule has 0 radical (unpaired) electrons. The Bertz CT molecular complexity index is 387. The second-order valence-electron chi connectivity index (χ2n) is 4.15. The van der Waals surface area contributed by atoms with Gasteiger partial charge >= 0.3 is 5.97 Å². The van der Waals surface area contributed by atoms with Gasteiger partial charge in [0.2, 0.25) is 0 Å². The minimum Gasteiger partial charge on any atom is -0.481 e. The first-order chi connectivity index (χ1) is 8.58. The van der Waals surface area contributed by atoms with E-state index in [4.69, 9.17) is 9.84 Å². The number of rotatable bonds is 8. The molecule has 102 valence electrons. The van der Waals surface area contributed by atoms with Gasteiger partial charge in [-0.3, -0.25) is 4.79 Å². The van der Waals surface area contributed by atoms with E-state index in [0.29, 0.717) is 6.61 Å². The number of imidazole rings is 1. The van der Waals surface area contributed by atoms with Gasteiger partial charge in [0.25, 0.3) is 0 Å². The molecule has 1 aromatic heterocycles. The second kappa shape index (κ2) is 7.43. The summed E-state index contributed by atoms with van der Waals surface area (Å²) in [7, 11) is 1.68. The highest BCUT2D eigenvalue weighted by molar-refractivity contribution is 7.99. The molecule has 6 heteroatoms. The largest absolute Gasteiger partial charge is 0.481 e. The van der Waals surface area contributed by atoms with E-state index in [1.54, 1.807) is 7.11 Å². The number of aromatic nitrogens is 2. The van der Waals surface area contributed by atoms with Gasteiger partial charge in [-0.1, -0.05) is 25.1 Å². The molecule has 0 aromatic carbocycles. The van der Waals surface area contributed by atoms with Gasteiger partial charge in [0, 0.05) is 13.3 Å². The standard InChI is InChI=1S/C12H20N2O3S/c1-4-5-10(7-17-3)14-6-9(2)13-12(14)18-8-11(15)16/h6,10H,4-5,7-8H2,1-3H3,(H,15,16). The van der Waals surface area contributed by atoms with Gasteiger partial charge in [0.1, 0.15) is 0 Å². The minimum absolute atomic E-state index is 0.0300. The van der Waals surface area contributed by atoms with Crippen LogP contribution in [0, 0.1) is 6.92 Å². The van der Waals surface area contributed by atoms with Crippen LogP contribution in [0.5, 0.6) is 0 Å². The van der Waals surface area contributed by atoms with Crippen LogP contribution in [0.1, 0.15) is 31.5 Å². The molecule has 0 aliphatic heterocycles. The molecule has 0 saturated heterocycles. The zero-order valence-electron chi connectivity index (χ0n) is 11.0. The third-order valence-electron chi connectivity index (χ3n) is 2.52. The molecule has 0 spiro atoms. The number of nitrogens with zero attached hydrogens (tertiary/aromatic N) is 2. The first-order valence-corrected chi connectivity index (χ1v) is 6.96. The number of carboxylic acids is 1. The Morgan fingerprint density at radius 3 is 2.94 bits per heavy atom. The van der Waals surface area contributed by atoms with E-state index in [0.717, 1.165) is 23.7 Å². The van der Waals surface area contributed by atoms with Crippen molar-refractivity contribution in [1.82, 2.24) is 9.55 Å². The molecule has 0 fully saturated rings. The number of ether oxygens (including phenoxy) is 1. The quantitative estimate of drug-likeness (QED) is 0.736. The summed E-state index contributed by atoms with van der Waals surface area (Å²) in [6.45, 7) is 4.65. The summed E-state index contributed by atoms with van der Waals surface area (Å²) in [5.41, 5.74) is 0.903. The maximum Gasteiger partial charge on any atom is 0.313 e. The Morgan fingerprint density at radius 1 is 1.67 bits per heavy atom. The Kier molecular flexibility index (Phi) is 6.21. The van der Waals surface area contributed by atoms with Crippen molar-refractivity contribution in [2.45, 2.75) is 37.9 Å². The molecule has 1 rings (SSSR count). The van der Waals surface area contributed by atoms with Crippen LogP contribution in [0.3, 0.4) is 0 Å². The Hall–Kier alpha value is -1.01. The van der Waals surface area contributed by atoms with Crippen molar-refractivity contribution >= 4 is 17.7 Å². The molecule has 5 nitrogen and oxygen atoms in total. The number of carbonyl (C=O) groups is 1. The number of hydrogen-bond donors (Lipinski definition) is 1. The molecule has 1 aromatic rings. The van der Waals surface area contributed by atoms with Crippen molar-refractivity contribution in [3.63, 3.8) is 0 Å². The van der Waals surface area contributed by atoms with Crippen LogP contribution in [-0.2, 0) is 9.53 Å². The van der Waals surface area contributed by atoms with E-state index in [-0.39, 0.29) is 11.8 Å². The maximum absolute atomic E-state index is 10.6. The van der Waals surface area contributed by atoms with Crippen molar-refractivity contribution in [3.8, 4) is 0 Å². The van der Waals surface area contributed by atoms with E-state index < -0.39 is 5.97 Å².